The van der Waals surface area contributed by atoms with Crippen LogP contribution in [0.1, 0.15) is 46.0 Å². The van der Waals surface area contributed by atoms with Crippen LogP contribution in [0.2, 0.25) is 0 Å². The van der Waals surface area contributed by atoms with Gasteiger partial charge in [-0.25, -0.2) is 8.78 Å². The van der Waals surface area contributed by atoms with Gasteiger partial charge in [0.2, 0.25) is 0 Å². The summed E-state index contributed by atoms with van der Waals surface area (Å²) in [4.78, 5) is 0. The number of hydrogen-bond acceptors (Lipinski definition) is 1. The predicted molar refractivity (Wildman–Crippen MR) is 82.9 cm³/mol. The summed E-state index contributed by atoms with van der Waals surface area (Å²) in [5.74, 6) is 0.404. The molecule has 2 unspecified atom stereocenters. The second-order valence-corrected chi connectivity index (χ2v) is 6.95. The number of nitrogens with one attached hydrogen (secondary N) is 1. The van der Waals surface area contributed by atoms with Gasteiger partial charge in [0.15, 0.2) is 0 Å². The van der Waals surface area contributed by atoms with E-state index in [4.69, 9.17) is 0 Å². The fourth-order valence-corrected chi connectivity index (χ4v) is 3.34. The Morgan fingerprint density at radius 2 is 1.85 bits per heavy atom. The molecule has 0 spiro atoms. The molecule has 0 heterocycles. The molecule has 1 N–H and O–H groups in total. The summed E-state index contributed by atoms with van der Waals surface area (Å²) < 4.78 is 27.3. The first-order valence-corrected chi connectivity index (χ1v) is 8.17. The summed E-state index contributed by atoms with van der Waals surface area (Å²) in [6.45, 7) is 4.55. The Hall–Kier alpha value is -0.640. The summed E-state index contributed by atoms with van der Waals surface area (Å²) in [5, 5.41) is 3.24. The van der Waals surface area contributed by atoms with E-state index in [1.54, 1.807) is 0 Å². The second-order valence-electron chi connectivity index (χ2n) is 6.10. The van der Waals surface area contributed by atoms with Gasteiger partial charge in [-0.1, -0.05) is 26.7 Å². The van der Waals surface area contributed by atoms with Crippen LogP contribution in [0.15, 0.2) is 16.6 Å². The van der Waals surface area contributed by atoms with Crippen molar-refractivity contribution in [2.24, 2.45) is 11.8 Å². The zero-order valence-electron chi connectivity index (χ0n) is 12.1. The highest BCUT2D eigenvalue weighted by atomic mass is 79.9. The first kappa shape index (κ1) is 15.7. The Morgan fingerprint density at radius 3 is 2.55 bits per heavy atom. The van der Waals surface area contributed by atoms with Gasteiger partial charge >= 0.3 is 0 Å². The minimum absolute atomic E-state index is 0.283. The smallest absolute Gasteiger partial charge is 0.149 e. The molecule has 1 saturated carbocycles. The van der Waals surface area contributed by atoms with Gasteiger partial charge in [-0.2, -0.15) is 0 Å². The molecular weight excluding hydrogens is 324 g/mol. The molecule has 20 heavy (non-hydrogen) atoms. The molecular formula is C16H22BrF2N. The van der Waals surface area contributed by atoms with Crippen molar-refractivity contribution in [3.8, 4) is 0 Å². The van der Waals surface area contributed by atoms with E-state index in [1.165, 1.54) is 25.3 Å². The van der Waals surface area contributed by atoms with Crippen LogP contribution >= 0.6 is 15.9 Å². The number of rotatable bonds is 3. The minimum Gasteiger partial charge on any atom is -0.380 e. The molecule has 1 fully saturated rings. The molecule has 1 aliphatic carbocycles. The van der Waals surface area contributed by atoms with E-state index in [9.17, 15) is 8.78 Å². The van der Waals surface area contributed by atoms with Crippen LogP contribution in [-0.4, -0.2) is 6.04 Å². The summed E-state index contributed by atoms with van der Waals surface area (Å²) in [6.07, 6.45) is 5.71. The molecule has 0 aromatic heterocycles. The maximum Gasteiger partial charge on any atom is 0.149 e. The zero-order valence-corrected chi connectivity index (χ0v) is 13.6. The topological polar surface area (TPSA) is 12.0 Å². The van der Waals surface area contributed by atoms with Gasteiger partial charge in [0.1, 0.15) is 11.6 Å². The fourth-order valence-electron chi connectivity index (χ4n) is 2.99. The van der Waals surface area contributed by atoms with Crippen molar-refractivity contribution in [3.63, 3.8) is 0 Å². The molecule has 1 aromatic carbocycles. The van der Waals surface area contributed by atoms with Crippen LogP contribution in [0.3, 0.4) is 0 Å². The van der Waals surface area contributed by atoms with E-state index in [2.05, 4.69) is 35.1 Å². The van der Waals surface area contributed by atoms with Crippen molar-refractivity contribution in [1.82, 2.24) is 0 Å². The average molecular weight is 346 g/mol. The van der Waals surface area contributed by atoms with Crippen LogP contribution in [0.4, 0.5) is 14.5 Å². The Bertz CT molecular complexity index is 462. The molecule has 1 aromatic rings. The van der Waals surface area contributed by atoms with Gasteiger partial charge < -0.3 is 5.32 Å². The summed E-state index contributed by atoms with van der Waals surface area (Å²) >= 11 is 3.11. The molecule has 0 bridgehead atoms. The minimum atomic E-state index is -0.561. The summed E-state index contributed by atoms with van der Waals surface area (Å²) in [6, 6.07) is 2.71. The van der Waals surface area contributed by atoms with Crippen molar-refractivity contribution >= 4 is 21.6 Å². The Balaban J connectivity index is 2.02. The third-order valence-electron chi connectivity index (χ3n) is 4.33. The lowest BCUT2D eigenvalue weighted by Gasteiger charge is -2.20. The van der Waals surface area contributed by atoms with Gasteiger partial charge in [-0.05, 0) is 53.1 Å². The largest absolute Gasteiger partial charge is 0.380 e. The number of anilines is 1. The third-order valence-corrected chi connectivity index (χ3v) is 4.93. The lowest BCUT2D eigenvalue weighted by atomic mass is 9.89. The normalized spacial score (nSPS) is 23.7. The lowest BCUT2D eigenvalue weighted by molar-refractivity contribution is 0.341. The highest BCUT2D eigenvalue weighted by Crippen LogP contribution is 2.31. The zero-order chi connectivity index (χ0) is 14.7. The maximum atomic E-state index is 13.8. The maximum absolute atomic E-state index is 13.8. The SMILES string of the molecule is CC(C)C1CCCC(Nc2cc(Br)c(F)cc2F)CC1. The Labute approximate surface area is 128 Å². The van der Waals surface area contributed by atoms with Gasteiger partial charge in [0.05, 0.1) is 10.2 Å². The van der Waals surface area contributed by atoms with E-state index in [0.717, 1.165) is 24.8 Å². The predicted octanol–water partition coefficient (Wildman–Crippen LogP) is 5.74. The Kier molecular flexibility index (Phi) is 5.42. The number of hydrogen-bond donors (Lipinski definition) is 1. The van der Waals surface area contributed by atoms with Crippen LogP contribution in [0.25, 0.3) is 0 Å². The summed E-state index contributed by atoms with van der Waals surface area (Å²) in [5.41, 5.74) is 0.395. The van der Waals surface area contributed by atoms with Crippen molar-refractivity contribution in [3.05, 3.63) is 28.2 Å². The molecule has 1 nitrogen and oxygen atoms in total. The first-order chi connectivity index (χ1) is 9.47. The first-order valence-electron chi connectivity index (χ1n) is 7.38. The summed E-state index contributed by atoms with van der Waals surface area (Å²) in [7, 11) is 0. The van der Waals surface area contributed by atoms with Gasteiger partial charge in [-0.15, -0.1) is 0 Å². The molecule has 2 atom stereocenters. The number of halogens is 3. The van der Waals surface area contributed by atoms with Gasteiger partial charge in [-0.3, -0.25) is 0 Å². The van der Waals surface area contributed by atoms with Crippen molar-refractivity contribution < 1.29 is 8.78 Å². The monoisotopic (exact) mass is 345 g/mol. The van der Waals surface area contributed by atoms with Crippen LogP contribution in [-0.2, 0) is 0 Å². The molecule has 0 amide bonds. The molecule has 2 rings (SSSR count). The Morgan fingerprint density at radius 1 is 1.10 bits per heavy atom. The number of benzene rings is 1. The average Bonchev–Trinajstić information content (AvgIpc) is 2.61. The lowest BCUT2D eigenvalue weighted by Crippen LogP contribution is -2.19. The van der Waals surface area contributed by atoms with Crippen molar-refractivity contribution in [2.75, 3.05) is 5.32 Å². The van der Waals surface area contributed by atoms with Crippen molar-refractivity contribution in [2.45, 2.75) is 52.0 Å². The van der Waals surface area contributed by atoms with E-state index in [0.29, 0.717) is 16.1 Å². The third kappa shape index (κ3) is 3.94. The van der Waals surface area contributed by atoms with Crippen LogP contribution in [0, 0.1) is 23.5 Å². The van der Waals surface area contributed by atoms with E-state index >= 15 is 0 Å². The quantitative estimate of drug-likeness (QED) is 0.543. The molecule has 4 heteroatoms. The highest BCUT2D eigenvalue weighted by molar-refractivity contribution is 9.10. The highest BCUT2D eigenvalue weighted by Gasteiger charge is 2.21. The molecule has 0 aliphatic heterocycles. The molecule has 112 valence electrons. The standard InChI is InChI=1S/C16H22BrF2N/c1-10(2)11-4-3-5-12(7-6-11)20-16-8-13(17)14(18)9-15(16)19/h8-12,20H,3-7H2,1-2H3. The van der Waals surface area contributed by atoms with E-state index in [-0.39, 0.29) is 6.04 Å². The fraction of sp³-hybridized carbons (Fsp3) is 0.625. The second kappa shape index (κ2) is 6.88. The van der Waals surface area contributed by atoms with Crippen molar-refractivity contribution in [1.29, 1.82) is 0 Å². The molecule has 0 saturated heterocycles. The van der Waals surface area contributed by atoms with Gasteiger partial charge in [0, 0.05) is 12.1 Å². The molecule has 1 aliphatic rings. The van der Waals surface area contributed by atoms with Crippen LogP contribution in [0.5, 0.6) is 0 Å². The van der Waals surface area contributed by atoms with Crippen LogP contribution < -0.4 is 5.32 Å². The van der Waals surface area contributed by atoms with E-state index in [1.807, 2.05) is 0 Å². The van der Waals surface area contributed by atoms with E-state index < -0.39 is 11.6 Å². The van der Waals surface area contributed by atoms with Gasteiger partial charge in [0.25, 0.3) is 0 Å². The molecule has 0 radical (unpaired) electrons.